The predicted molar refractivity (Wildman–Crippen MR) is 97.7 cm³/mol. The molecule has 5 heteroatoms. The quantitative estimate of drug-likeness (QED) is 0.859. The number of amides is 1. The largest absolute Gasteiger partial charge is 0.497 e. The Hall–Kier alpha value is -2.27. The molecule has 2 atom stereocenters. The molecule has 0 bridgehead atoms. The van der Waals surface area contributed by atoms with Crippen LogP contribution in [0.4, 0.5) is 0 Å². The Balaban J connectivity index is 1.92. The molecule has 1 amide bonds. The van der Waals surface area contributed by atoms with E-state index in [2.05, 4.69) is 4.57 Å². The van der Waals surface area contributed by atoms with Crippen LogP contribution in [0.15, 0.2) is 30.3 Å². The molecule has 134 valence electrons. The first-order valence-corrected chi connectivity index (χ1v) is 8.68. The third-order valence-corrected chi connectivity index (χ3v) is 4.70. The number of aryl methyl sites for hydroxylation is 1. The zero-order valence-electron chi connectivity index (χ0n) is 15.6. The van der Waals surface area contributed by atoms with Crippen molar-refractivity contribution in [3.63, 3.8) is 0 Å². The molecule has 0 radical (unpaired) electrons. The fourth-order valence-electron chi connectivity index (χ4n) is 3.62. The summed E-state index contributed by atoms with van der Waals surface area (Å²) in [7, 11) is 1.66. The third kappa shape index (κ3) is 3.42. The highest BCUT2D eigenvalue weighted by Crippen LogP contribution is 2.24. The van der Waals surface area contributed by atoms with Gasteiger partial charge in [-0.1, -0.05) is 0 Å². The summed E-state index contributed by atoms with van der Waals surface area (Å²) in [5, 5.41) is 0. The summed E-state index contributed by atoms with van der Waals surface area (Å²) < 4.78 is 13.1. The van der Waals surface area contributed by atoms with Crippen LogP contribution in [-0.2, 0) is 4.74 Å². The molecular weight excluding hydrogens is 316 g/mol. The van der Waals surface area contributed by atoms with Crippen molar-refractivity contribution in [3.8, 4) is 11.4 Å². The summed E-state index contributed by atoms with van der Waals surface area (Å²) in [4.78, 5) is 14.9. The van der Waals surface area contributed by atoms with Gasteiger partial charge in [0.1, 0.15) is 5.75 Å². The first kappa shape index (κ1) is 17.5. The minimum absolute atomic E-state index is 0.0674. The highest BCUT2D eigenvalue weighted by atomic mass is 16.5. The molecule has 0 aliphatic carbocycles. The van der Waals surface area contributed by atoms with Gasteiger partial charge in [-0.05, 0) is 58.0 Å². The average Bonchev–Trinajstić information content (AvgIpc) is 2.88. The van der Waals surface area contributed by atoms with E-state index in [4.69, 9.17) is 9.47 Å². The SMILES string of the molecule is COc1ccc(-n2c(C)cc(C(=O)N3C[C@@H](C)O[C@@H](C)C3)c2C)cc1. The van der Waals surface area contributed by atoms with Gasteiger partial charge in [0.2, 0.25) is 0 Å². The number of benzene rings is 1. The van der Waals surface area contributed by atoms with E-state index < -0.39 is 0 Å². The molecular formula is C20H26N2O3. The van der Waals surface area contributed by atoms with Gasteiger partial charge >= 0.3 is 0 Å². The number of aromatic nitrogens is 1. The molecule has 2 heterocycles. The standard InChI is InChI=1S/C20H26N2O3/c1-13-10-19(20(23)21-11-14(2)25-15(3)12-21)16(4)22(13)17-6-8-18(24-5)9-7-17/h6-10,14-15H,11-12H2,1-5H3/t14-,15+. The van der Waals surface area contributed by atoms with Gasteiger partial charge in [-0.15, -0.1) is 0 Å². The number of morpholine rings is 1. The van der Waals surface area contributed by atoms with Gasteiger partial charge in [-0.25, -0.2) is 0 Å². The van der Waals surface area contributed by atoms with Gasteiger partial charge in [0.25, 0.3) is 5.91 Å². The number of ether oxygens (including phenoxy) is 2. The molecule has 0 unspecified atom stereocenters. The first-order chi connectivity index (χ1) is 11.9. The third-order valence-electron chi connectivity index (χ3n) is 4.70. The normalized spacial score (nSPS) is 20.6. The Morgan fingerprint density at radius 2 is 1.72 bits per heavy atom. The fourth-order valence-corrected chi connectivity index (χ4v) is 3.62. The lowest BCUT2D eigenvalue weighted by atomic mass is 10.1. The number of carbonyl (C=O) groups is 1. The van der Waals surface area contributed by atoms with Crippen LogP contribution in [0.1, 0.15) is 35.6 Å². The maximum absolute atomic E-state index is 13.0. The van der Waals surface area contributed by atoms with E-state index in [1.807, 2.05) is 62.9 Å². The minimum Gasteiger partial charge on any atom is -0.497 e. The van der Waals surface area contributed by atoms with Gasteiger partial charge in [0.05, 0.1) is 24.9 Å². The molecule has 1 aliphatic rings. The molecule has 0 N–H and O–H groups in total. The van der Waals surface area contributed by atoms with Crippen LogP contribution in [0.25, 0.3) is 5.69 Å². The Morgan fingerprint density at radius 1 is 1.12 bits per heavy atom. The van der Waals surface area contributed by atoms with Crippen molar-refractivity contribution in [2.75, 3.05) is 20.2 Å². The number of rotatable bonds is 3. The van der Waals surface area contributed by atoms with Crippen molar-refractivity contribution in [2.45, 2.75) is 39.9 Å². The highest BCUT2D eigenvalue weighted by Gasteiger charge is 2.28. The summed E-state index contributed by atoms with van der Waals surface area (Å²) >= 11 is 0. The summed E-state index contributed by atoms with van der Waals surface area (Å²) in [6, 6.07) is 9.85. The van der Waals surface area contributed by atoms with Crippen LogP contribution in [0, 0.1) is 13.8 Å². The Kier molecular flexibility index (Phi) is 4.86. The maximum atomic E-state index is 13.0. The van der Waals surface area contributed by atoms with Crippen LogP contribution in [0.5, 0.6) is 5.75 Å². The van der Waals surface area contributed by atoms with Crippen LogP contribution in [0.2, 0.25) is 0 Å². The van der Waals surface area contributed by atoms with E-state index in [1.54, 1.807) is 7.11 Å². The molecule has 1 saturated heterocycles. The minimum atomic E-state index is 0.0674. The summed E-state index contributed by atoms with van der Waals surface area (Å²) in [5.74, 6) is 0.897. The molecule has 2 aromatic rings. The van der Waals surface area contributed by atoms with E-state index in [0.29, 0.717) is 13.1 Å². The smallest absolute Gasteiger partial charge is 0.255 e. The second-order valence-electron chi connectivity index (χ2n) is 6.79. The molecule has 25 heavy (non-hydrogen) atoms. The number of methoxy groups -OCH3 is 1. The van der Waals surface area contributed by atoms with E-state index in [-0.39, 0.29) is 18.1 Å². The molecule has 1 aromatic carbocycles. The van der Waals surface area contributed by atoms with Crippen molar-refractivity contribution < 1.29 is 14.3 Å². The van der Waals surface area contributed by atoms with Crippen molar-refractivity contribution in [3.05, 3.63) is 47.3 Å². The lowest BCUT2D eigenvalue weighted by molar-refractivity contribution is -0.0586. The van der Waals surface area contributed by atoms with E-state index in [0.717, 1.165) is 28.4 Å². The zero-order chi connectivity index (χ0) is 18.1. The van der Waals surface area contributed by atoms with E-state index in [1.165, 1.54) is 0 Å². The molecule has 1 fully saturated rings. The van der Waals surface area contributed by atoms with Crippen LogP contribution in [-0.4, -0.2) is 47.8 Å². The second kappa shape index (κ2) is 6.92. The second-order valence-corrected chi connectivity index (χ2v) is 6.79. The van der Waals surface area contributed by atoms with Gasteiger partial charge in [-0.2, -0.15) is 0 Å². The Morgan fingerprint density at radius 3 is 2.28 bits per heavy atom. The molecule has 1 aromatic heterocycles. The highest BCUT2D eigenvalue weighted by molar-refractivity contribution is 5.96. The van der Waals surface area contributed by atoms with Crippen molar-refractivity contribution >= 4 is 5.91 Å². The zero-order valence-corrected chi connectivity index (χ0v) is 15.6. The fraction of sp³-hybridized carbons (Fsp3) is 0.450. The van der Waals surface area contributed by atoms with Gasteiger partial charge in [0, 0.05) is 30.2 Å². The summed E-state index contributed by atoms with van der Waals surface area (Å²) in [5.41, 5.74) is 3.79. The first-order valence-electron chi connectivity index (χ1n) is 8.68. The molecule has 0 saturated carbocycles. The van der Waals surface area contributed by atoms with Crippen LogP contribution in [0.3, 0.4) is 0 Å². The number of hydrogen-bond acceptors (Lipinski definition) is 3. The summed E-state index contributed by atoms with van der Waals surface area (Å²) in [6.45, 7) is 9.31. The van der Waals surface area contributed by atoms with Crippen molar-refractivity contribution in [1.82, 2.24) is 9.47 Å². The van der Waals surface area contributed by atoms with Gasteiger partial charge < -0.3 is 18.9 Å². The molecule has 5 nitrogen and oxygen atoms in total. The maximum Gasteiger partial charge on any atom is 0.255 e. The average molecular weight is 342 g/mol. The Labute approximate surface area is 149 Å². The van der Waals surface area contributed by atoms with Crippen molar-refractivity contribution in [2.24, 2.45) is 0 Å². The topological polar surface area (TPSA) is 43.7 Å². The monoisotopic (exact) mass is 342 g/mol. The summed E-state index contributed by atoms with van der Waals surface area (Å²) in [6.07, 6.45) is 0.135. The Bertz CT molecular complexity index is 754. The predicted octanol–water partition coefficient (Wildman–Crippen LogP) is 3.35. The van der Waals surface area contributed by atoms with Crippen LogP contribution < -0.4 is 4.74 Å². The molecule has 3 rings (SSSR count). The van der Waals surface area contributed by atoms with Crippen LogP contribution >= 0.6 is 0 Å². The van der Waals surface area contributed by atoms with Gasteiger partial charge in [-0.3, -0.25) is 4.79 Å². The lowest BCUT2D eigenvalue weighted by Crippen LogP contribution is -2.48. The number of carbonyl (C=O) groups excluding carboxylic acids is 1. The number of hydrogen-bond donors (Lipinski definition) is 0. The van der Waals surface area contributed by atoms with E-state index >= 15 is 0 Å². The molecule has 1 aliphatic heterocycles. The van der Waals surface area contributed by atoms with Gasteiger partial charge in [0.15, 0.2) is 0 Å². The van der Waals surface area contributed by atoms with E-state index in [9.17, 15) is 4.79 Å². The number of nitrogens with zero attached hydrogens (tertiary/aromatic N) is 2. The lowest BCUT2D eigenvalue weighted by Gasteiger charge is -2.35. The van der Waals surface area contributed by atoms with Crippen molar-refractivity contribution in [1.29, 1.82) is 0 Å². The molecule has 0 spiro atoms.